The first-order valence-corrected chi connectivity index (χ1v) is 8.31. The summed E-state index contributed by atoms with van der Waals surface area (Å²) >= 11 is 0. The summed E-state index contributed by atoms with van der Waals surface area (Å²) in [5.41, 5.74) is 2.21. The molecule has 1 aromatic carbocycles. The molecule has 0 bridgehead atoms. The third-order valence-electron chi connectivity index (χ3n) is 4.29. The number of allylic oxidation sites excluding steroid dienone is 1. The minimum absolute atomic E-state index is 0.0190. The predicted octanol–water partition coefficient (Wildman–Crippen LogP) is 4.09. The van der Waals surface area contributed by atoms with Crippen LogP contribution in [0.25, 0.3) is 11.6 Å². The number of nitrogens with one attached hydrogen (secondary N) is 1. The molecule has 140 valence electrons. The van der Waals surface area contributed by atoms with Crippen molar-refractivity contribution < 1.29 is 24.5 Å². The molecule has 0 radical (unpaired) electrons. The second kappa shape index (κ2) is 6.58. The maximum atomic E-state index is 11.7. The number of aryl methyl sites for hydroxylation is 1. The highest BCUT2D eigenvalue weighted by Crippen LogP contribution is 2.39. The van der Waals surface area contributed by atoms with Gasteiger partial charge in [0, 0.05) is 29.2 Å². The molecule has 0 spiro atoms. The predicted molar refractivity (Wildman–Crippen MR) is 104 cm³/mol. The van der Waals surface area contributed by atoms with Crippen LogP contribution < -0.4 is 5.32 Å². The summed E-state index contributed by atoms with van der Waals surface area (Å²) in [7, 11) is 0. The van der Waals surface area contributed by atoms with E-state index < -0.39 is 11.7 Å². The summed E-state index contributed by atoms with van der Waals surface area (Å²) in [4.78, 5) is 20.0. The number of anilines is 2. The average molecular weight is 377 g/mol. The number of carboxylic acids is 1. The number of rotatable bonds is 4. The Kier molecular flexibility index (Phi) is 4.08. The maximum Gasteiger partial charge on any atom is 0.345 e. The smallest absolute Gasteiger partial charge is 0.345 e. The van der Waals surface area contributed by atoms with Crippen LogP contribution in [0.5, 0.6) is 11.5 Å². The van der Waals surface area contributed by atoms with Crippen LogP contribution in [0.3, 0.4) is 0 Å². The molecule has 0 fully saturated rings. The largest absolute Gasteiger partial charge is 0.508 e. The number of fused-ring (bicyclic) bond motifs is 1. The van der Waals surface area contributed by atoms with E-state index in [9.17, 15) is 20.1 Å². The number of carboxylic acid groups (broad SMARTS) is 1. The Morgan fingerprint density at radius 3 is 2.82 bits per heavy atom. The van der Waals surface area contributed by atoms with Gasteiger partial charge in [0.25, 0.3) is 0 Å². The lowest BCUT2D eigenvalue weighted by atomic mass is 10.1. The van der Waals surface area contributed by atoms with Crippen molar-refractivity contribution in [1.82, 2.24) is 4.98 Å². The number of benzene rings is 1. The lowest BCUT2D eigenvalue weighted by Gasteiger charge is -2.08. The van der Waals surface area contributed by atoms with E-state index in [4.69, 9.17) is 4.42 Å². The Labute approximate surface area is 159 Å². The van der Waals surface area contributed by atoms with Crippen LogP contribution in [0.4, 0.5) is 17.4 Å². The number of pyridine rings is 1. The van der Waals surface area contributed by atoms with Gasteiger partial charge in [-0.25, -0.2) is 14.8 Å². The number of aromatic carboxylic acids is 1. The zero-order valence-corrected chi connectivity index (χ0v) is 14.7. The molecule has 8 heteroatoms. The monoisotopic (exact) mass is 377 g/mol. The van der Waals surface area contributed by atoms with E-state index in [1.165, 1.54) is 18.2 Å². The van der Waals surface area contributed by atoms with Gasteiger partial charge in [0.15, 0.2) is 22.9 Å². The van der Waals surface area contributed by atoms with Crippen LogP contribution in [0, 0.1) is 6.92 Å². The molecule has 1 aliphatic heterocycles. The zero-order chi connectivity index (χ0) is 19.8. The van der Waals surface area contributed by atoms with Crippen molar-refractivity contribution in [2.75, 3.05) is 5.32 Å². The second-order valence-electron chi connectivity index (χ2n) is 6.18. The molecule has 0 aliphatic carbocycles. The zero-order valence-electron chi connectivity index (χ0n) is 14.7. The summed E-state index contributed by atoms with van der Waals surface area (Å²) in [5, 5.41) is 32.3. The molecule has 3 heterocycles. The van der Waals surface area contributed by atoms with Crippen molar-refractivity contribution in [3.63, 3.8) is 0 Å². The van der Waals surface area contributed by atoms with E-state index in [2.05, 4.69) is 15.3 Å². The molecule has 4 N–H and O–H groups in total. The van der Waals surface area contributed by atoms with E-state index in [1.54, 1.807) is 31.5 Å². The molecule has 3 aromatic rings. The number of aromatic hydroxyl groups is 2. The minimum Gasteiger partial charge on any atom is -0.508 e. The maximum absolute atomic E-state index is 11.7. The number of aromatic nitrogens is 1. The molecule has 2 aromatic heterocycles. The van der Waals surface area contributed by atoms with E-state index in [0.29, 0.717) is 22.6 Å². The second-order valence-corrected chi connectivity index (χ2v) is 6.18. The van der Waals surface area contributed by atoms with Crippen LogP contribution in [-0.2, 0) is 0 Å². The number of furan rings is 1. The van der Waals surface area contributed by atoms with Crippen LogP contribution in [0.2, 0.25) is 0 Å². The van der Waals surface area contributed by atoms with E-state index in [1.807, 2.05) is 6.07 Å². The van der Waals surface area contributed by atoms with Crippen molar-refractivity contribution in [3.8, 4) is 11.5 Å². The number of nitrogens with zero attached hydrogens (tertiary/aromatic N) is 2. The number of hydrogen-bond acceptors (Lipinski definition) is 7. The summed E-state index contributed by atoms with van der Waals surface area (Å²) < 4.78 is 5.61. The fourth-order valence-corrected chi connectivity index (χ4v) is 2.92. The van der Waals surface area contributed by atoms with E-state index in [0.717, 1.165) is 5.56 Å². The third-order valence-corrected chi connectivity index (χ3v) is 4.29. The lowest BCUT2D eigenvalue weighted by molar-refractivity contribution is 0.0695. The molecule has 28 heavy (non-hydrogen) atoms. The standard InChI is InChI=1S/C20H15N3O5/c1-10-7-12(24)4-5-14(10)23-19-16(20(26)27)17(25)15(28-19)8-11-9-22-18-13(11)3-2-6-21-18/h2-9,23-25H,1H3,(H,26,27). The number of phenols is 1. The molecule has 0 unspecified atom stereocenters. The number of hydrogen-bond donors (Lipinski definition) is 4. The highest BCUT2D eigenvalue weighted by Gasteiger charge is 2.26. The van der Waals surface area contributed by atoms with Crippen LogP contribution in [-0.4, -0.2) is 32.5 Å². The van der Waals surface area contributed by atoms with E-state index in [-0.39, 0.29) is 23.0 Å². The Morgan fingerprint density at radius 2 is 2.07 bits per heavy atom. The SMILES string of the molecule is Cc1cc(O)ccc1Nc1oc(C=C2C=Nc3ncccc32)c(O)c1C(=O)O. The third kappa shape index (κ3) is 2.96. The topological polar surface area (TPSA) is 128 Å². The summed E-state index contributed by atoms with van der Waals surface area (Å²) in [6.07, 6.45) is 4.69. The fraction of sp³-hybridized carbons (Fsp3) is 0.0500. The highest BCUT2D eigenvalue weighted by molar-refractivity contribution is 6.21. The average Bonchev–Trinajstić information content (AvgIpc) is 3.19. The Morgan fingerprint density at radius 1 is 1.25 bits per heavy atom. The fourth-order valence-electron chi connectivity index (χ4n) is 2.92. The van der Waals surface area contributed by atoms with Gasteiger partial charge in [-0.15, -0.1) is 0 Å². The number of aliphatic imine (C=N–C) groups is 1. The molecular weight excluding hydrogens is 362 g/mol. The van der Waals surface area contributed by atoms with Gasteiger partial charge in [-0.05, 0) is 48.9 Å². The molecule has 0 saturated carbocycles. The van der Waals surface area contributed by atoms with Crippen molar-refractivity contribution in [1.29, 1.82) is 0 Å². The van der Waals surface area contributed by atoms with Gasteiger partial charge >= 0.3 is 5.97 Å². The highest BCUT2D eigenvalue weighted by atomic mass is 16.4. The molecular formula is C20H15N3O5. The lowest BCUT2D eigenvalue weighted by Crippen LogP contribution is -2.00. The van der Waals surface area contributed by atoms with Crippen LogP contribution in [0.1, 0.15) is 27.2 Å². The van der Waals surface area contributed by atoms with Gasteiger partial charge in [-0.1, -0.05) is 0 Å². The van der Waals surface area contributed by atoms with Crippen molar-refractivity contribution in [2.45, 2.75) is 6.92 Å². The molecule has 0 amide bonds. The molecule has 0 atom stereocenters. The summed E-state index contributed by atoms with van der Waals surface area (Å²) in [5.74, 6) is -1.35. The first kappa shape index (κ1) is 17.3. The summed E-state index contributed by atoms with van der Waals surface area (Å²) in [6.45, 7) is 1.74. The van der Waals surface area contributed by atoms with Crippen LogP contribution >= 0.6 is 0 Å². The molecule has 8 nitrogen and oxygen atoms in total. The van der Waals surface area contributed by atoms with Crippen molar-refractivity contribution >= 4 is 41.2 Å². The summed E-state index contributed by atoms with van der Waals surface area (Å²) in [6, 6.07) is 8.14. The molecule has 0 saturated heterocycles. The van der Waals surface area contributed by atoms with Gasteiger partial charge in [-0.2, -0.15) is 0 Å². The molecule has 1 aliphatic rings. The Bertz CT molecular complexity index is 1160. The number of carbonyl (C=O) groups is 1. The van der Waals surface area contributed by atoms with Gasteiger partial charge in [-0.3, -0.25) is 0 Å². The van der Waals surface area contributed by atoms with Crippen molar-refractivity contribution in [2.24, 2.45) is 4.99 Å². The quantitative estimate of drug-likeness (QED) is 0.504. The Hall–Kier alpha value is -4.07. The minimum atomic E-state index is -1.34. The van der Waals surface area contributed by atoms with Gasteiger partial charge in [0.1, 0.15) is 5.75 Å². The van der Waals surface area contributed by atoms with Gasteiger partial charge < -0.3 is 25.1 Å². The number of phenolic OH excluding ortho intramolecular Hbond substituents is 1. The van der Waals surface area contributed by atoms with Crippen LogP contribution in [0.15, 0.2) is 45.9 Å². The first-order chi connectivity index (χ1) is 13.4. The van der Waals surface area contributed by atoms with Gasteiger partial charge in [0.2, 0.25) is 5.88 Å². The van der Waals surface area contributed by atoms with Gasteiger partial charge in [0.05, 0.1) is 0 Å². The first-order valence-electron chi connectivity index (χ1n) is 8.31. The van der Waals surface area contributed by atoms with Crippen molar-refractivity contribution in [3.05, 3.63) is 59.0 Å². The normalized spacial score (nSPS) is 13.7. The van der Waals surface area contributed by atoms with E-state index >= 15 is 0 Å². The molecule has 4 rings (SSSR count). The Balaban J connectivity index is 1.77.